The standard InChI is InChI=1S/C27H24N2O3/c30-25(20-13-15-21(16-14-20)27(31)32)26-28-23-8-4-7-22(24(23)29-26)19-11-9-18(10-12-19)17-5-2-1-3-6-17/h4-5,7-16,25,30H,1-3,6H2,(H,28,29)(H,31,32). The smallest absolute Gasteiger partial charge is 0.335 e. The number of nitrogens with one attached hydrogen (secondary N) is 1. The molecule has 1 unspecified atom stereocenters. The van der Waals surface area contributed by atoms with Gasteiger partial charge in [-0.3, -0.25) is 0 Å². The van der Waals surface area contributed by atoms with Crippen LogP contribution in [0.3, 0.4) is 0 Å². The maximum atomic E-state index is 11.1. The second-order valence-corrected chi connectivity index (χ2v) is 8.21. The number of benzene rings is 3. The molecule has 1 aliphatic carbocycles. The largest absolute Gasteiger partial charge is 0.478 e. The van der Waals surface area contributed by atoms with E-state index in [0.717, 1.165) is 35.0 Å². The van der Waals surface area contributed by atoms with E-state index in [1.165, 1.54) is 36.1 Å². The Kier molecular flexibility index (Phi) is 5.33. The Morgan fingerprint density at radius 3 is 2.38 bits per heavy atom. The number of aromatic carboxylic acids is 1. The fourth-order valence-corrected chi connectivity index (χ4v) is 4.34. The maximum absolute atomic E-state index is 11.1. The molecular formula is C27H24N2O3. The van der Waals surface area contributed by atoms with E-state index >= 15 is 0 Å². The highest BCUT2D eigenvalue weighted by Gasteiger charge is 2.17. The Bertz CT molecular complexity index is 1300. The first-order chi connectivity index (χ1) is 15.6. The van der Waals surface area contributed by atoms with Crippen molar-refractivity contribution < 1.29 is 15.0 Å². The van der Waals surface area contributed by atoms with Gasteiger partial charge in [0.05, 0.1) is 16.6 Å². The van der Waals surface area contributed by atoms with E-state index in [0.29, 0.717) is 11.4 Å². The molecule has 1 heterocycles. The molecule has 0 bridgehead atoms. The van der Waals surface area contributed by atoms with Gasteiger partial charge in [0, 0.05) is 5.56 Å². The number of hydrogen-bond donors (Lipinski definition) is 3. The van der Waals surface area contributed by atoms with Gasteiger partial charge in [-0.1, -0.05) is 54.6 Å². The predicted octanol–water partition coefficient (Wildman–Crippen LogP) is 5.97. The number of carboxylic acids is 1. The zero-order valence-corrected chi connectivity index (χ0v) is 17.6. The summed E-state index contributed by atoms with van der Waals surface area (Å²) in [6.45, 7) is 0. The molecule has 3 N–H and O–H groups in total. The molecule has 0 aliphatic heterocycles. The van der Waals surface area contributed by atoms with Crippen LogP contribution in [-0.2, 0) is 0 Å². The van der Waals surface area contributed by atoms with Crippen molar-refractivity contribution in [3.8, 4) is 11.1 Å². The fraction of sp³-hybridized carbons (Fsp3) is 0.185. The average Bonchev–Trinajstić information content (AvgIpc) is 3.29. The molecule has 0 saturated carbocycles. The molecule has 32 heavy (non-hydrogen) atoms. The van der Waals surface area contributed by atoms with Gasteiger partial charge in [0.25, 0.3) is 0 Å². The van der Waals surface area contributed by atoms with Crippen molar-refractivity contribution in [3.63, 3.8) is 0 Å². The number of aromatic nitrogens is 2. The summed E-state index contributed by atoms with van der Waals surface area (Å²) in [5, 5.41) is 19.9. The minimum atomic E-state index is -0.995. The lowest BCUT2D eigenvalue weighted by Gasteiger charge is -2.13. The normalized spacial score (nSPS) is 14.8. The molecule has 0 amide bonds. The van der Waals surface area contributed by atoms with Crippen LogP contribution < -0.4 is 0 Å². The van der Waals surface area contributed by atoms with Gasteiger partial charge >= 0.3 is 5.97 Å². The van der Waals surface area contributed by atoms with Gasteiger partial charge in [0.15, 0.2) is 0 Å². The molecule has 1 atom stereocenters. The van der Waals surface area contributed by atoms with Crippen molar-refractivity contribution in [2.24, 2.45) is 0 Å². The first kappa shape index (κ1) is 20.2. The molecule has 3 aromatic carbocycles. The molecule has 5 nitrogen and oxygen atoms in total. The SMILES string of the molecule is O=C(O)c1ccc(C(O)c2nc3c(-c4ccc(C5=CCCCC5)cc4)cccc3[nH]2)cc1. The van der Waals surface area contributed by atoms with Crippen LogP contribution in [0.25, 0.3) is 27.7 Å². The number of aliphatic hydroxyl groups is 1. The Morgan fingerprint density at radius 1 is 0.938 bits per heavy atom. The number of para-hydroxylation sites is 1. The van der Waals surface area contributed by atoms with Crippen LogP contribution >= 0.6 is 0 Å². The Morgan fingerprint density at radius 2 is 1.69 bits per heavy atom. The van der Waals surface area contributed by atoms with Crippen LogP contribution in [0.1, 0.15) is 59.1 Å². The number of imidazole rings is 1. The van der Waals surface area contributed by atoms with Crippen molar-refractivity contribution in [2.75, 3.05) is 0 Å². The lowest BCUT2D eigenvalue weighted by molar-refractivity contribution is 0.0696. The summed E-state index contributed by atoms with van der Waals surface area (Å²) in [6, 6.07) is 20.8. The van der Waals surface area contributed by atoms with Gasteiger partial charge in [-0.05, 0) is 66.1 Å². The number of aromatic amines is 1. The molecule has 160 valence electrons. The van der Waals surface area contributed by atoms with E-state index in [-0.39, 0.29) is 5.56 Å². The third-order valence-electron chi connectivity index (χ3n) is 6.12. The van der Waals surface area contributed by atoms with Crippen LogP contribution in [0.15, 0.2) is 72.8 Å². The number of allylic oxidation sites excluding steroid dienone is 2. The zero-order chi connectivity index (χ0) is 22.1. The molecule has 5 rings (SSSR count). The maximum Gasteiger partial charge on any atom is 0.335 e. The monoisotopic (exact) mass is 424 g/mol. The molecule has 1 aliphatic rings. The summed E-state index contributed by atoms with van der Waals surface area (Å²) in [7, 11) is 0. The third kappa shape index (κ3) is 3.83. The Labute approximate surface area is 186 Å². The number of carbonyl (C=O) groups is 1. The Hall–Kier alpha value is -3.70. The molecule has 0 saturated heterocycles. The van der Waals surface area contributed by atoms with Crippen LogP contribution in [0, 0.1) is 0 Å². The number of aliphatic hydroxyl groups excluding tert-OH is 1. The minimum Gasteiger partial charge on any atom is -0.478 e. The highest BCUT2D eigenvalue weighted by Crippen LogP contribution is 2.32. The summed E-state index contributed by atoms with van der Waals surface area (Å²) in [4.78, 5) is 19.0. The number of hydrogen-bond acceptors (Lipinski definition) is 3. The molecule has 5 heteroatoms. The van der Waals surface area contributed by atoms with Gasteiger partial charge < -0.3 is 15.2 Å². The minimum absolute atomic E-state index is 0.181. The topological polar surface area (TPSA) is 86.2 Å². The lowest BCUT2D eigenvalue weighted by atomic mass is 9.92. The van der Waals surface area contributed by atoms with Gasteiger partial charge in [-0.25, -0.2) is 9.78 Å². The quantitative estimate of drug-likeness (QED) is 0.368. The number of H-pyrrole nitrogens is 1. The molecule has 1 aromatic heterocycles. The van der Waals surface area contributed by atoms with Crippen molar-refractivity contribution in [2.45, 2.75) is 31.8 Å². The van der Waals surface area contributed by atoms with E-state index in [1.54, 1.807) is 12.1 Å². The van der Waals surface area contributed by atoms with Gasteiger partial charge in [-0.2, -0.15) is 0 Å². The molecule has 0 radical (unpaired) electrons. The summed E-state index contributed by atoms with van der Waals surface area (Å²) >= 11 is 0. The van der Waals surface area contributed by atoms with E-state index in [2.05, 4.69) is 35.3 Å². The van der Waals surface area contributed by atoms with Gasteiger partial charge in [0.2, 0.25) is 0 Å². The van der Waals surface area contributed by atoms with E-state index < -0.39 is 12.1 Å². The fourth-order valence-electron chi connectivity index (χ4n) is 4.34. The average molecular weight is 425 g/mol. The van der Waals surface area contributed by atoms with E-state index in [1.807, 2.05) is 18.2 Å². The second kappa shape index (κ2) is 8.44. The van der Waals surface area contributed by atoms with Gasteiger partial charge in [0.1, 0.15) is 11.9 Å². The number of nitrogens with zero attached hydrogens (tertiary/aromatic N) is 1. The van der Waals surface area contributed by atoms with Crippen molar-refractivity contribution in [1.82, 2.24) is 9.97 Å². The molecule has 0 spiro atoms. The summed E-state index contributed by atoms with van der Waals surface area (Å²) in [6.07, 6.45) is 6.21. The van der Waals surface area contributed by atoms with Crippen LogP contribution in [0.4, 0.5) is 0 Å². The molecular weight excluding hydrogens is 400 g/mol. The first-order valence-electron chi connectivity index (χ1n) is 10.9. The first-order valence-corrected chi connectivity index (χ1v) is 10.9. The summed E-state index contributed by atoms with van der Waals surface area (Å²) in [5.74, 6) is -0.565. The third-order valence-corrected chi connectivity index (χ3v) is 6.12. The van der Waals surface area contributed by atoms with Crippen molar-refractivity contribution in [3.05, 3.63) is 95.3 Å². The van der Waals surface area contributed by atoms with Crippen LogP contribution in [0.2, 0.25) is 0 Å². The predicted molar refractivity (Wildman–Crippen MR) is 125 cm³/mol. The lowest BCUT2D eigenvalue weighted by Crippen LogP contribution is -2.03. The molecule has 0 fully saturated rings. The number of fused-ring (bicyclic) bond motifs is 1. The van der Waals surface area contributed by atoms with E-state index in [9.17, 15) is 9.90 Å². The highest BCUT2D eigenvalue weighted by atomic mass is 16.4. The summed E-state index contributed by atoms with van der Waals surface area (Å²) in [5.41, 5.74) is 7.20. The zero-order valence-electron chi connectivity index (χ0n) is 17.6. The van der Waals surface area contributed by atoms with E-state index in [4.69, 9.17) is 10.1 Å². The Balaban J connectivity index is 1.46. The van der Waals surface area contributed by atoms with Crippen LogP contribution in [0.5, 0.6) is 0 Å². The van der Waals surface area contributed by atoms with Crippen molar-refractivity contribution >= 4 is 22.6 Å². The highest BCUT2D eigenvalue weighted by molar-refractivity contribution is 5.92. The molecule has 4 aromatic rings. The summed E-state index contributed by atoms with van der Waals surface area (Å²) < 4.78 is 0. The second-order valence-electron chi connectivity index (χ2n) is 8.21. The van der Waals surface area contributed by atoms with Crippen LogP contribution in [-0.4, -0.2) is 26.2 Å². The van der Waals surface area contributed by atoms with Crippen molar-refractivity contribution in [1.29, 1.82) is 0 Å². The van der Waals surface area contributed by atoms with Gasteiger partial charge in [-0.15, -0.1) is 0 Å². The number of rotatable bonds is 5. The number of carboxylic acid groups (broad SMARTS) is 1.